The van der Waals surface area contributed by atoms with E-state index in [1.807, 2.05) is 0 Å². The van der Waals surface area contributed by atoms with Crippen LogP contribution < -0.4 is 5.32 Å². The van der Waals surface area contributed by atoms with Crippen LogP contribution in [0.3, 0.4) is 0 Å². The van der Waals surface area contributed by atoms with Crippen LogP contribution >= 0.6 is 0 Å². The van der Waals surface area contributed by atoms with Gasteiger partial charge in [0.2, 0.25) is 0 Å². The van der Waals surface area contributed by atoms with E-state index in [9.17, 15) is 4.39 Å². The van der Waals surface area contributed by atoms with Crippen LogP contribution in [0.1, 0.15) is 26.7 Å². The van der Waals surface area contributed by atoms with Crippen molar-refractivity contribution < 1.29 is 4.39 Å². The molecule has 0 aromatic carbocycles. The monoisotopic (exact) mass is 159 g/mol. The highest BCUT2D eigenvalue weighted by Crippen LogP contribution is 2.45. The predicted octanol–water partition coefficient (Wildman–Crippen LogP) is 1.98. The van der Waals surface area contributed by atoms with Crippen molar-refractivity contribution in [2.75, 3.05) is 19.8 Å². The maximum absolute atomic E-state index is 12.3. The Kier molecular flexibility index (Phi) is 2.88. The number of hydrogen-bond acceptors (Lipinski definition) is 1. The summed E-state index contributed by atoms with van der Waals surface area (Å²) in [6.45, 7) is 6.09. The van der Waals surface area contributed by atoms with Gasteiger partial charge in [0.05, 0.1) is 6.67 Å². The molecule has 0 aromatic heterocycles. The van der Waals surface area contributed by atoms with E-state index >= 15 is 0 Å². The zero-order chi connectivity index (χ0) is 8.32. The molecule has 0 radical (unpaired) electrons. The second-order valence-corrected chi connectivity index (χ2v) is 4.16. The Morgan fingerprint density at radius 2 is 2.09 bits per heavy atom. The lowest BCUT2D eigenvalue weighted by molar-refractivity contribution is 0.323. The lowest BCUT2D eigenvalue weighted by Crippen LogP contribution is -2.28. The Hall–Kier alpha value is -0.110. The van der Waals surface area contributed by atoms with Crippen LogP contribution in [0, 0.1) is 11.3 Å². The summed E-state index contributed by atoms with van der Waals surface area (Å²) < 4.78 is 12.3. The fourth-order valence-electron chi connectivity index (χ4n) is 1.16. The number of hydrogen-bond donors (Lipinski definition) is 1. The molecule has 0 bridgehead atoms. The van der Waals surface area contributed by atoms with Crippen LogP contribution in [0.25, 0.3) is 0 Å². The fraction of sp³-hybridized carbons (Fsp3) is 1.00. The van der Waals surface area contributed by atoms with Crippen molar-refractivity contribution in [1.29, 1.82) is 0 Å². The highest BCUT2D eigenvalue weighted by molar-refractivity contribution is 4.94. The van der Waals surface area contributed by atoms with Crippen LogP contribution in [0.5, 0.6) is 0 Å². The second kappa shape index (κ2) is 3.53. The van der Waals surface area contributed by atoms with E-state index in [1.54, 1.807) is 0 Å². The molecule has 0 spiro atoms. The topological polar surface area (TPSA) is 12.0 Å². The zero-order valence-corrected chi connectivity index (χ0v) is 7.49. The summed E-state index contributed by atoms with van der Waals surface area (Å²) in [7, 11) is 0. The lowest BCUT2D eigenvalue weighted by Gasteiger charge is -2.12. The van der Waals surface area contributed by atoms with Crippen LogP contribution in [-0.2, 0) is 0 Å². The molecule has 1 fully saturated rings. The number of halogens is 1. The summed E-state index contributed by atoms with van der Waals surface area (Å²) in [4.78, 5) is 0. The molecule has 0 heterocycles. The summed E-state index contributed by atoms with van der Waals surface area (Å²) in [5, 5.41) is 3.30. The summed E-state index contributed by atoms with van der Waals surface area (Å²) in [6, 6.07) is 0. The van der Waals surface area contributed by atoms with Crippen molar-refractivity contribution >= 4 is 0 Å². The first-order valence-corrected chi connectivity index (χ1v) is 4.45. The maximum atomic E-state index is 12.3. The molecule has 0 unspecified atom stereocenters. The van der Waals surface area contributed by atoms with Gasteiger partial charge in [-0.3, -0.25) is 4.39 Å². The summed E-state index contributed by atoms with van der Waals surface area (Å²) in [5.41, 5.74) is 0.0505. The van der Waals surface area contributed by atoms with Crippen molar-refractivity contribution in [1.82, 2.24) is 5.32 Å². The molecule has 0 aliphatic heterocycles. The Labute approximate surface area is 68.4 Å². The largest absolute Gasteiger partial charge is 0.316 e. The molecule has 1 rings (SSSR count). The van der Waals surface area contributed by atoms with Gasteiger partial charge in [0.15, 0.2) is 0 Å². The molecule has 1 saturated carbocycles. The third-order valence-corrected chi connectivity index (χ3v) is 2.29. The van der Waals surface area contributed by atoms with Crippen molar-refractivity contribution in [2.24, 2.45) is 11.3 Å². The van der Waals surface area contributed by atoms with E-state index in [2.05, 4.69) is 19.2 Å². The molecular weight excluding hydrogens is 141 g/mol. The Morgan fingerprint density at radius 1 is 1.45 bits per heavy atom. The molecule has 2 heteroatoms. The Morgan fingerprint density at radius 3 is 2.45 bits per heavy atom. The van der Waals surface area contributed by atoms with Gasteiger partial charge in [-0.1, -0.05) is 13.8 Å². The first-order valence-electron chi connectivity index (χ1n) is 4.45. The molecule has 0 saturated heterocycles. The second-order valence-electron chi connectivity index (χ2n) is 4.16. The van der Waals surface area contributed by atoms with Gasteiger partial charge in [0.25, 0.3) is 0 Å². The molecule has 0 atom stereocenters. The van der Waals surface area contributed by atoms with E-state index in [-0.39, 0.29) is 12.1 Å². The lowest BCUT2D eigenvalue weighted by atomic mass is 10.1. The molecule has 1 aliphatic carbocycles. The summed E-state index contributed by atoms with van der Waals surface area (Å²) in [5.74, 6) is 0.672. The SMILES string of the molecule is CC(C)CNCC1(CF)CC1. The first-order chi connectivity index (χ1) is 5.18. The molecule has 1 N–H and O–H groups in total. The molecule has 0 aromatic rings. The first kappa shape index (κ1) is 8.98. The normalized spacial score (nSPS) is 20.7. The molecule has 0 amide bonds. The summed E-state index contributed by atoms with van der Waals surface area (Å²) in [6.07, 6.45) is 2.16. The third kappa shape index (κ3) is 2.78. The van der Waals surface area contributed by atoms with Crippen LogP contribution in [0.2, 0.25) is 0 Å². The molecule has 1 aliphatic rings. The smallest absolute Gasteiger partial charge is 0.0962 e. The highest BCUT2D eigenvalue weighted by atomic mass is 19.1. The van der Waals surface area contributed by atoms with E-state index < -0.39 is 0 Å². The minimum atomic E-state index is -0.141. The molecule has 1 nitrogen and oxygen atoms in total. The third-order valence-electron chi connectivity index (χ3n) is 2.29. The number of rotatable bonds is 5. The van der Waals surface area contributed by atoms with Gasteiger partial charge in [-0.25, -0.2) is 0 Å². The molecule has 11 heavy (non-hydrogen) atoms. The van der Waals surface area contributed by atoms with Gasteiger partial charge >= 0.3 is 0 Å². The van der Waals surface area contributed by atoms with Crippen molar-refractivity contribution in [3.8, 4) is 0 Å². The van der Waals surface area contributed by atoms with Gasteiger partial charge in [0.1, 0.15) is 0 Å². The maximum Gasteiger partial charge on any atom is 0.0962 e. The van der Waals surface area contributed by atoms with E-state index in [0.29, 0.717) is 5.92 Å². The van der Waals surface area contributed by atoms with Crippen molar-refractivity contribution in [3.63, 3.8) is 0 Å². The van der Waals surface area contributed by atoms with Gasteiger partial charge < -0.3 is 5.32 Å². The van der Waals surface area contributed by atoms with Crippen molar-refractivity contribution in [2.45, 2.75) is 26.7 Å². The fourth-order valence-corrected chi connectivity index (χ4v) is 1.16. The van der Waals surface area contributed by atoms with E-state index in [1.165, 1.54) is 0 Å². The minimum absolute atomic E-state index is 0.0505. The van der Waals surface area contributed by atoms with Gasteiger partial charge in [-0.2, -0.15) is 0 Å². The van der Waals surface area contributed by atoms with E-state index in [4.69, 9.17) is 0 Å². The Balaban J connectivity index is 2.03. The average Bonchev–Trinajstić information content (AvgIpc) is 2.69. The predicted molar refractivity (Wildman–Crippen MR) is 45.3 cm³/mol. The van der Waals surface area contributed by atoms with Crippen LogP contribution in [-0.4, -0.2) is 19.8 Å². The van der Waals surface area contributed by atoms with Crippen molar-refractivity contribution in [3.05, 3.63) is 0 Å². The van der Waals surface area contributed by atoms with Gasteiger partial charge in [-0.15, -0.1) is 0 Å². The average molecular weight is 159 g/mol. The minimum Gasteiger partial charge on any atom is -0.316 e. The van der Waals surface area contributed by atoms with Crippen LogP contribution in [0.15, 0.2) is 0 Å². The summed E-state index contributed by atoms with van der Waals surface area (Å²) >= 11 is 0. The standard InChI is InChI=1S/C9H18FN/c1-8(2)5-11-7-9(6-10)3-4-9/h8,11H,3-7H2,1-2H3. The Bertz CT molecular complexity index is 119. The van der Waals surface area contributed by atoms with Crippen LogP contribution in [0.4, 0.5) is 4.39 Å². The van der Waals surface area contributed by atoms with Gasteiger partial charge in [0, 0.05) is 12.0 Å². The van der Waals surface area contributed by atoms with E-state index in [0.717, 1.165) is 25.9 Å². The number of nitrogens with one attached hydrogen (secondary N) is 1. The quantitative estimate of drug-likeness (QED) is 0.646. The van der Waals surface area contributed by atoms with Gasteiger partial charge in [-0.05, 0) is 25.3 Å². The molecular formula is C9H18FN. The number of alkyl halides is 1. The zero-order valence-electron chi connectivity index (χ0n) is 7.49. The molecule has 66 valence electrons. The highest BCUT2D eigenvalue weighted by Gasteiger charge is 2.42.